The first-order valence-corrected chi connectivity index (χ1v) is 5.11. The zero-order valence-electron chi connectivity index (χ0n) is 9.60. The van der Waals surface area contributed by atoms with Crippen LogP contribution in [0.1, 0.15) is 11.5 Å². The molecular formula is C12H11N3O2. The molecular weight excluding hydrogens is 218 g/mol. The number of fused-ring (bicyclic) bond motifs is 1. The van der Waals surface area contributed by atoms with Crippen molar-refractivity contribution < 1.29 is 9.21 Å². The number of aromatic nitrogens is 1. The van der Waals surface area contributed by atoms with Gasteiger partial charge >= 0.3 is 5.91 Å². The topological polar surface area (TPSA) is 70.1 Å². The van der Waals surface area contributed by atoms with Crippen LogP contribution in [0.2, 0.25) is 0 Å². The van der Waals surface area contributed by atoms with Crippen LogP contribution in [0.15, 0.2) is 22.6 Å². The van der Waals surface area contributed by atoms with Crippen LogP contribution in [-0.2, 0) is 11.3 Å². The summed E-state index contributed by atoms with van der Waals surface area (Å²) in [5, 5.41) is 8.49. The minimum Gasteiger partial charge on any atom is -0.441 e. The molecule has 17 heavy (non-hydrogen) atoms. The summed E-state index contributed by atoms with van der Waals surface area (Å²) < 4.78 is 5.40. The van der Waals surface area contributed by atoms with E-state index in [1.165, 1.54) is 4.90 Å². The number of oxazole rings is 1. The maximum atomic E-state index is 11.1. The van der Waals surface area contributed by atoms with E-state index in [0.29, 0.717) is 18.0 Å². The van der Waals surface area contributed by atoms with E-state index >= 15 is 0 Å². The molecule has 0 aliphatic carbocycles. The second-order valence-corrected chi connectivity index (χ2v) is 3.81. The first-order valence-electron chi connectivity index (χ1n) is 5.11. The molecule has 2 aromatic rings. The van der Waals surface area contributed by atoms with Gasteiger partial charge in [0, 0.05) is 20.5 Å². The van der Waals surface area contributed by atoms with E-state index in [1.54, 1.807) is 20.0 Å². The van der Waals surface area contributed by atoms with Gasteiger partial charge in [0.25, 0.3) is 0 Å². The first kappa shape index (κ1) is 11.1. The Balaban J connectivity index is 2.25. The van der Waals surface area contributed by atoms with Gasteiger partial charge in [-0.25, -0.2) is 4.98 Å². The van der Waals surface area contributed by atoms with Crippen LogP contribution in [0.4, 0.5) is 0 Å². The molecule has 5 nitrogen and oxygen atoms in total. The minimum absolute atomic E-state index is 0.377. The van der Waals surface area contributed by atoms with Crippen LogP contribution in [0.3, 0.4) is 0 Å². The maximum Gasteiger partial charge on any atom is 0.325 e. The summed E-state index contributed by atoms with van der Waals surface area (Å²) in [6.45, 7) is 2.16. The van der Waals surface area contributed by atoms with Gasteiger partial charge in [-0.3, -0.25) is 4.79 Å². The highest BCUT2D eigenvalue weighted by molar-refractivity contribution is 5.91. The summed E-state index contributed by atoms with van der Waals surface area (Å²) in [7, 11) is 1.58. The minimum atomic E-state index is -0.557. The lowest BCUT2D eigenvalue weighted by molar-refractivity contribution is -0.124. The van der Waals surface area contributed by atoms with E-state index in [4.69, 9.17) is 9.68 Å². The molecule has 86 valence electrons. The number of aryl methyl sites for hydroxylation is 1. The number of carbonyl (C=O) groups is 1. The quantitative estimate of drug-likeness (QED) is 0.733. The molecule has 0 aliphatic heterocycles. The molecule has 0 bridgehead atoms. The van der Waals surface area contributed by atoms with Crippen LogP contribution in [0.5, 0.6) is 0 Å². The van der Waals surface area contributed by atoms with Gasteiger partial charge in [-0.05, 0) is 17.7 Å². The molecule has 1 amide bonds. The third-order valence-electron chi connectivity index (χ3n) is 2.42. The predicted octanol–water partition coefficient (Wildman–Crippen LogP) is 1.62. The van der Waals surface area contributed by atoms with Gasteiger partial charge in [0.2, 0.25) is 0 Å². The molecule has 0 atom stereocenters. The highest BCUT2D eigenvalue weighted by atomic mass is 16.3. The summed E-state index contributed by atoms with van der Waals surface area (Å²) in [5.74, 6) is 0.0532. The third-order valence-corrected chi connectivity index (χ3v) is 2.42. The van der Waals surface area contributed by atoms with Crippen molar-refractivity contribution in [2.45, 2.75) is 13.5 Å². The van der Waals surface area contributed by atoms with Gasteiger partial charge in [0.05, 0.1) is 0 Å². The summed E-state index contributed by atoms with van der Waals surface area (Å²) in [5.41, 5.74) is 2.39. The predicted molar refractivity (Wildman–Crippen MR) is 60.8 cm³/mol. The number of hydrogen-bond donors (Lipinski definition) is 0. The van der Waals surface area contributed by atoms with Crippen molar-refractivity contribution in [3.8, 4) is 6.07 Å². The Kier molecular flexibility index (Phi) is 2.79. The van der Waals surface area contributed by atoms with Crippen molar-refractivity contribution in [1.82, 2.24) is 9.88 Å². The second-order valence-electron chi connectivity index (χ2n) is 3.81. The molecule has 0 N–H and O–H groups in total. The Morgan fingerprint density at radius 2 is 2.35 bits per heavy atom. The Morgan fingerprint density at radius 1 is 1.59 bits per heavy atom. The lowest BCUT2D eigenvalue weighted by Crippen LogP contribution is -2.24. The van der Waals surface area contributed by atoms with Crippen LogP contribution < -0.4 is 0 Å². The Labute approximate surface area is 98.3 Å². The average molecular weight is 229 g/mol. The first-order chi connectivity index (χ1) is 8.10. The van der Waals surface area contributed by atoms with Gasteiger partial charge in [0.15, 0.2) is 17.5 Å². The largest absolute Gasteiger partial charge is 0.441 e. The van der Waals surface area contributed by atoms with Crippen LogP contribution in [-0.4, -0.2) is 22.8 Å². The van der Waals surface area contributed by atoms with Gasteiger partial charge in [-0.15, -0.1) is 0 Å². The molecule has 0 fully saturated rings. The molecule has 0 saturated heterocycles. The number of rotatable bonds is 2. The van der Waals surface area contributed by atoms with E-state index in [-0.39, 0.29) is 0 Å². The van der Waals surface area contributed by atoms with Gasteiger partial charge in [-0.2, -0.15) is 5.26 Å². The molecule has 1 heterocycles. The fourth-order valence-corrected chi connectivity index (χ4v) is 1.61. The number of nitrogens with zero attached hydrogens (tertiary/aromatic N) is 3. The van der Waals surface area contributed by atoms with Gasteiger partial charge in [0.1, 0.15) is 5.52 Å². The molecule has 0 aliphatic rings. The van der Waals surface area contributed by atoms with Crippen molar-refractivity contribution >= 4 is 17.0 Å². The SMILES string of the molecule is Cc1nc2ccc(CN(C)C(=O)C#N)cc2o1. The zero-order valence-corrected chi connectivity index (χ0v) is 9.60. The van der Waals surface area contributed by atoms with Crippen LogP contribution >= 0.6 is 0 Å². The Hall–Kier alpha value is -2.35. The van der Waals surface area contributed by atoms with Crippen molar-refractivity contribution in [2.75, 3.05) is 7.05 Å². The molecule has 1 aromatic carbocycles. The Morgan fingerprint density at radius 3 is 3.06 bits per heavy atom. The molecule has 0 spiro atoms. The smallest absolute Gasteiger partial charge is 0.325 e. The van der Waals surface area contributed by atoms with E-state index in [9.17, 15) is 4.79 Å². The lowest BCUT2D eigenvalue weighted by Gasteiger charge is -2.12. The normalized spacial score (nSPS) is 10.2. The number of hydrogen-bond acceptors (Lipinski definition) is 4. The zero-order chi connectivity index (χ0) is 12.4. The standard InChI is InChI=1S/C12H11N3O2/c1-8-14-10-4-3-9(5-11(10)17-8)7-15(2)12(16)6-13/h3-5H,7H2,1-2H3. The summed E-state index contributed by atoms with van der Waals surface area (Å²) in [4.78, 5) is 16.6. The number of amides is 1. The van der Waals surface area contributed by atoms with Gasteiger partial charge < -0.3 is 9.32 Å². The van der Waals surface area contributed by atoms with E-state index in [1.807, 2.05) is 18.2 Å². The fourth-order valence-electron chi connectivity index (χ4n) is 1.61. The monoisotopic (exact) mass is 229 g/mol. The molecule has 2 rings (SSSR count). The third kappa shape index (κ3) is 2.26. The number of benzene rings is 1. The van der Waals surface area contributed by atoms with Crippen molar-refractivity contribution in [3.63, 3.8) is 0 Å². The highest BCUT2D eigenvalue weighted by Gasteiger charge is 2.09. The molecule has 0 saturated carbocycles. The summed E-state index contributed by atoms with van der Waals surface area (Å²) >= 11 is 0. The van der Waals surface area contributed by atoms with E-state index in [0.717, 1.165) is 11.1 Å². The van der Waals surface area contributed by atoms with Crippen molar-refractivity contribution in [1.29, 1.82) is 5.26 Å². The van der Waals surface area contributed by atoms with Crippen LogP contribution in [0, 0.1) is 18.3 Å². The van der Waals surface area contributed by atoms with E-state index < -0.39 is 5.91 Å². The second kappa shape index (κ2) is 4.26. The average Bonchev–Trinajstić information content (AvgIpc) is 2.67. The van der Waals surface area contributed by atoms with E-state index in [2.05, 4.69) is 4.98 Å². The molecule has 0 radical (unpaired) electrons. The number of carbonyl (C=O) groups excluding carboxylic acids is 1. The molecule has 5 heteroatoms. The maximum absolute atomic E-state index is 11.1. The lowest BCUT2D eigenvalue weighted by atomic mass is 10.2. The van der Waals surface area contributed by atoms with Crippen molar-refractivity contribution in [3.05, 3.63) is 29.7 Å². The fraction of sp³-hybridized carbons (Fsp3) is 0.250. The molecule has 0 unspecified atom stereocenters. The van der Waals surface area contributed by atoms with Crippen molar-refractivity contribution in [2.24, 2.45) is 0 Å². The summed E-state index contributed by atoms with van der Waals surface area (Å²) in [6.07, 6.45) is 0. The number of nitriles is 1. The highest BCUT2D eigenvalue weighted by Crippen LogP contribution is 2.17. The van der Waals surface area contributed by atoms with Crippen LogP contribution in [0.25, 0.3) is 11.1 Å². The van der Waals surface area contributed by atoms with Gasteiger partial charge in [-0.1, -0.05) is 6.07 Å². The summed E-state index contributed by atoms with van der Waals surface area (Å²) in [6, 6.07) is 7.11. The molecule has 1 aromatic heterocycles. The Bertz CT molecular complexity index is 610.